The highest BCUT2D eigenvalue weighted by Gasteiger charge is 2.23. The van der Waals surface area contributed by atoms with Gasteiger partial charge >= 0.3 is 0 Å². The second kappa shape index (κ2) is 6.48. The van der Waals surface area contributed by atoms with Crippen molar-refractivity contribution in [2.24, 2.45) is 0 Å². The van der Waals surface area contributed by atoms with Gasteiger partial charge in [-0.3, -0.25) is 9.78 Å². The zero-order valence-corrected chi connectivity index (χ0v) is 13.9. The molecular weight excluding hydrogens is 294 g/mol. The van der Waals surface area contributed by atoms with Crippen molar-refractivity contribution in [3.63, 3.8) is 0 Å². The number of amides is 1. The summed E-state index contributed by atoms with van der Waals surface area (Å²) in [5.41, 5.74) is 2.42. The molecule has 0 saturated carbocycles. The van der Waals surface area contributed by atoms with Crippen LogP contribution in [0.25, 0.3) is 0 Å². The number of carbonyl (C=O) groups is 1. The largest absolute Gasteiger partial charge is 0.368 e. The van der Waals surface area contributed by atoms with Crippen LogP contribution in [0.3, 0.4) is 0 Å². The Bertz CT molecular complexity index is 645. The summed E-state index contributed by atoms with van der Waals surface area (Å²) >= 11 is 1.65. The van der Waals surface area contributed by atoms with Gasteiger partial charge in [-0.25, -0.2) is 0 Å². The second-order valence-corrected chi connectivity index (χ2v) is 6.69. The maximum atomic E-state index is 12.6. The number of rotatable bonds is 3. The molecule has 0 aliphatic carbocycles. The number of nitrogens with zero attached hydrogens (tertiary/aromatic N) is 3. The minimum absolute atomic E-state index is 0.183. The number of aromatic nitrogens is 1. The monoisotopic (exact) mass is 315 g/mol. The molecule has 2 aromatic rings. The van der Waals surface area contributed by atoms with Crippen molar-refractivity contribution in [1.29, 1.82) is 0 Å². The summed E-state index contributed by atoms with van der Waals surface area (Å²) in [6.07, 6.45) is 4.63. The second-order valence-electron chi connectivity index (χ2n) is 5.56. The van der Waals surface area contributed by atoms with Crippen molar-refractivity contribution in [2.75, 3.05) is 31.1 Å². The first-order valence-corrected chi connectivity index (χ1v) is 8.54. The summed E-state index contributed by atoms with van der Waals surface area (Å²) in [6.45, 7) is 7.54. The molecule has 0 bridgehead atoms. The Labute approximate surface area is 135 Å². The summed E-state index contributed by atoms with van der Waals surface area (Å²) in [4.78, 5) is 23.2. The number of thiophene rings is 1. The topological polar surface area (TPSA) is 36.4 Å². The van der Waals surface area contributed by atoms with Gasteiger partial charge in [-0.15, -0.1) is 11.3 Å². The van der Waals surface area contributed by atoms with Crippen LogP contribution in [0.15, 0.2) is 30.6 Å². The Balaban J connectivity index is 1.64. The van der Waals surface area contributed by atoms with Crippen molar-refractivity contribution in [2.45, 2.75) is 20.3 Å². The van der Waals surface area contributed by atoms with Gasteiger partial charge in [0.05, 0.1) is 4.88 Å². The van der Waals surface area contributed by atoms with E-state index in [4.69, 9.17) is 0 Å². The fourth-order valence-corrected chi connectivity index (χ4v) is 3.94. The van der Waals surface area contributed by atoms with E-state index in [0.29, 0.717) is 0 Å². The van der Waals surface area contributed by atoms with Crippen LogP contribution in [0, 0.1) is 6.92 Å². The van der Waals surface area contributed by atoms with Gasteiger partial charge in [0, 0.05) is 49.1 Å². The number of aryl methyl sites for hydroxylation is 2. The molecule has 0 atom stereocenters. The summed E-state index contributed by atoms with van der Waals surface area (Å²) < 4.78 is 0. The molecule has 0 radical (unpaired) electrons. The maximum Gasteiger partial charge on any atom is 0.264 e. The van der Waals surface area contributed by atoms with Gasteiger partial charge < -0.3 is 9.80 Å². The highest BCUT2D eigenvalue weighted by Crippen LogP contribution is 2.24. The van der Waals surface area contributed by atoms with E-state index < -0.39 is 0 Å². The molecule has 1 amide bonds. The Morgan fingerprint density at radius 1 is 1.23 bits per heavy atom. The molecule has 1 saturated heterocycles. The number of pyridine rings is 1. The lowest BCUT2D eigenvalue weighted by Gasteiger charge is -2.35. The Morgan fingerprint density at radius 2 is 1.91 bits per heavy atom. The number of carbonyl (C=O) groups excluding carboxylic acids is 1. The zero-order chi connectivity index (χ0) is 15.5. The minimum Gasteiger partial charge on any atom is -0.368 e. The Hall–Kier alpha value is -1.88. The summed E-state index contributed by atoms with van der Waals surface area (Å²) in [5.74, 6) is 0.183. The van der Waals surface area contributed by atoms with E-state index in [2.05, 4.69) is 23.7 Å². The normalized spacial score (nSPS) is 15.2. The van der Waals surface area contributed by atoms with E-state index in [0.717, 1.165) is 37.5 Å². The van der Waals surface area contributed by atoms with Crippen molar-refractivity contribution in [3.8, 4) is 0 Å². The third-order valence-corrected chi connectivity index (χ3v) is 5.52. The van der Waals surface area contributed by atoms with Crippen molar-refractivity contribution >= 4 is 22.9 Å². The number of hydrogen-bond acceptors (Lipinski definition) is 4. The fraction of sp³-hybridized carbons (Fsp3) is 0.412. The lowest BCUT2D eigenvalue weighted by Crippen LogP contribution is -2.48. The van der Waals surface area contributed by atoms with Gasteiger partial charge in [-0.1, -0.05) is 6.92 Å². The summed E-state index contributed by atoms with van der Waals surface area (Å²) in [5, 5.41) is 0. The van der Waals surface area contributed by atoms with E-state index >= 15 is 0 Å². The molecular formula is C17H21N3OS. The predicted molar refractivity (Wildman–Crippen MR) is 90.8 cm³/mol. The summed E-state index contributed by atoms with van der Waals surface area (Å²) in [6, 6.07) is 6.09. The number of anilines is 1. The smallest absolute Gasteiger partial charge is 0.264 e. The maximum absolute atomic E-state index is 12.6. The molecule has 0 aromatic carbocycles. The fourth-order valence-electron chi connectivity index (χ4n) is 2.85. The molecule has 0 unspecified atom stereocenters. The van der Waals surface area contributed by atoms with Crippen LogP contribution in [0.2, 0.25) is 0 Å². The van der Waals surface area contributed by atoms with Gasteiger partial charge in [-0.05, 0) is 37.1 Å². The van der Waals surface area contributed by atoms with E-state index in [1.807, 2.05) is 35.5 Å². The van der Waals surface area contributed by atoms with Gasteiger partial charge in [0.1, 0.15) is 0 Å². The van der Waals surface area contributed by atoms with Gasteiger partial charge in [0.2, 0.25) is 0 Å². The lowest BCUT2D eigenvalue weighted by molar-refractivity contribution is 0.0751. The van der Waals surface area contributed by atoms with Gasteiger partial charge in [0.15, 0.2) is 0 Å². The first kappa shape index (κ1) is 15.0. The Morgan fingerprint density at radius 3 is 2.50 bits per heavy atom. The molecule has 2 aromatic heterocycles. The average molecular weight is 315 g/mol. The molecule has 3 rings (SSSR count). The van der Waals surface area contributed by atoms with Crippen LogP contribution < -0.4 is 4.90 Å². The molecule has 5 heteroatoms. The van der Waals surface area contributed by atoms with E-state index in [9.17, 15) is 4.79 Å². The average Bonchev–Trinajstić information content (AvgIpc) is 2.96. The first-order valence-electron chi connectivity index (χ1n) is 7.72. The molecule has 3 heterocycles. The van der Waals surface area contributed by atoms with E-state index in [1.54, 1.807) is 11.3 Å². The molecule has 1 aliphatic rings. The van der Waals surface area contributed by atoms with Crippen LogP contribution >= 0.6 is 11.3 Å². The molecule has 116 valence electrons. The minimum atomic E-state index is 0.183. The number of piperazine rings is 1. The first-order chi connectivity index (χ1) is 10.7. The molecule has 0 spiro atoms. The van der Waals surface area contributed by atoms with Gasteiger partial charge in [-0.2, -0.15) is 0 Å². The summed E-state index contributed by atoms with van der Waals surface area (Å²) in [7, 11) is 0. The third kappa shape index (κ3) is 2.99. The quantitative estimate of drug-likeness (QED) is 0.874. The highest BCUT2D eigenvalue weighted by atomic mass is 32.1. The predicted octanol–water partition coefficient (Wildman–Crippen LogP) is 2.98. The van der Waals surface area contributed by atoms with Crippen molar-refractivity contribution < 1.29 is 4.79 Å². The molecule has 1 fully saturated rings. The van der Waals surface area contributed by atoms with Crippen LogP contribution in [-0.2, 0) is 6.42 Å². The molecule has 1 aliphatic heterocycles. The van der Waals surface area contributed by atoms with E-state index in [1.165, 1.54) is 16.1 Å². The lowest BCUT2D eigenvalue weighted by atomic mass is 10.2. The third-order valence-electron chi connectivity index (χ3n) is 4.15. The van der Waals surface area contributed by atoms with Crippen LogP contribution in [0.4, 0.5) is 5.69 Å². The highest BCUT2D eigenvalue weighted by molar-refractivity contribution is 7.14. The number of hydrogen-bond donors (Lipinski definition) is 0. The SMILES string of the molecule is CCc1sc(C(=O)N2CCN(c3ccncc3)CC2)cc1C. The molecule has 0 N–H and O–H groups in total. The molecule has 22 heavy (non-hydrogen) atoms. The molecule has 4 nitrogen and oxygen atoms in total. The van der Waals surface area contributed by atoms with Crippen molar-refractivity contribution in [3.05, 3.63) is 45.9 Å². The van der Waals surface area contributed by atoms with Gasteiger partial charge in [0.25, 0.3) is 5.91 Å². The van der Waals surface area contributed by atoms with Crippen LogP contribution in [0.5, 0.6) is 0 Å². The van der Waals surface area contributed by atoms with Crippen LogP contribution in [-0.4, -0.2) is 42.0 Å². The van der Waals surface area contributed by atoms with Crippen LogP contribution in [0.1, 0.15) is 27.0 Å². The van der Waals surface area contributed by atoms with Crippen molar-refractivity contribution in [1.82, 2.24) is 9.88 Å². The standard InChI is InChI=1S/C17H21N3OS/c1-3-15-13(2)12-16(22-15)17(21)20-10-8-19(9-11-20)14-4-6-18-7-5-14/h4-7,12H,3,8-11H2,1-2H3. The van der Waals surface area contributed by atoms with E-state index in [-0.39, 0.29) is 5.91 Å². The Kier molecular flexibility index (Phi) is 4.43. The zero-order valence-electron chi connectivity index (χ0n) is 13.1.